The minimum Gasteiger partial charge on any atom is -0.342 e. The maximum Gasteiger partial charge on any atom is 0.271 e. The molecule has 1 amide bonds. The molecule has 5 nitrogen and oxygen atoms in total. The van der Waals surface area contributed by atoms with Gasteiger partial charge in [-0.3, -0.25) is 9.52 Å². The number of benzene rings is 1. The SMILES string of the molecule is O=C(Cc1ccc(NS(=O)(=O)c2cccs2)cc1)N1CCCCCC1. The van der Waals surface area contributed by atoms with E-state index in [9.17, 15) is 13.2 Å². The molecule has 0 saturated carbocycles. The van der Waals surface area contributed by atoms with Crippen LogP contribution in [0, 0.1) is 0 Å². The maximum atomic E-state index is 12.4. The average molecular weight is 379 g/mol. The van der Waals surface area contributed by atoms with Crippen LogP contribution in [0.2, 0.25) is 0 Å². The Kier molecular flexibility index (Phi) is 5.75. The number of anilines is 1. The van der Waals surface area contributed by atoms with Gasteiger partial charge in [0.15, 0.2) is 0 Å². The van der Waals surface area contributed by atoms with Crippen molar-refractivity contribution in [3.05, 3.63) is 47.3 Å². The first-order valence-corrected chi connectivity index (χ1v) is 10.8. The number of thiophene rings is 1. The van der Waals surface area contributed by atoms with Gasteiger partial charge in [0.05, 0.1) is 6.42 Å². The van der Waals surface area contributed by atoms with Gasteiger partial charge in [-0.1, -0.05) is 31.0 Å². The smallest absolute Gasteiger partial charge is 0.271 e. The summed E-state index contributed by atoms with van der Waals surface area (Å²) in [5.41, 5.74) is 1.40. The molecule has 0 aliphatic carbocycles. The van der Waals surface area contributed by atoms with Crippen LogP contribution in [0.15, 0.2) is 46.0 Å². The standard InChI is InChI=1S/C18H22N2O3S2/c21-17(20-11-3-1-2-4-12-20)14-15-7-9-16(10-8-15)19-25(22,23)18-6-5-13-24-18/h5-10,13,19H,1-4,11-12,14H2. The largest absolute Gasteiger partial charge is 0.342 e. The first kappa shape index (κ1) is 17.9. The van der Waals surface area contributed by atoms with Crippen LogP contribution in [-0.4, -0.2) is 32.3 Å². The van der Waals surface area contributed by atoms with Crippen molar-refractivity contribution < 1.29 is 13.2 Å². The van der Waals surface area contributed by atoms with Crippen LogP contribution in [0.3, 0.4) is 0 Å². The highest BCUT2D eigenvalue weighted by atomic mass is 32.2. The van der Waals surface area contributed by atoms with Gasteiger partial charge in [-0.05, 0) is 42.0 Å². The van der Waals surface area contributed by atoms with E-state index in [4.69, 9.17) is 0 Å². The zero-order valence-corrected chi connectivity index (χ0v) is 15.6. The Balaban J connectivity index is 1.61. The molecule has 1 aliphatic rings. The summed E-state index contributed by atoms with van der Waals surface area (Å²) in [5, 5.41) is 1.73. The second-order valence-electron chi connectivity index (χ2n) is 6.21. The lowest BCUT2D eigenvalue weighted by atomic mass is 10.1. The van der Waals surface area contributed by atoms with Crippen LogP contribution in [0.4, 0.5) is 5.69 Å². The van der Waals surface area contributed by atoms with Crippen molar-refractivity contribution in [1.82, 2.24) is 4.90 Å². The first-order valence-electron chi connectivity index (χ1n) is 8.48. The molecule has 1 saturated heterocycles. The fourth-order valence-corrected chi connectivity index (χ4v) is 4.97. The molecule has 3 rings (SSSR count). The number of carbonyl (C=O) groups excluding carboxylic acids is 1. The third-order valence-corrected chi connectivity index (χ3v) is 7.06. The number of sulfonamides is 1. The molecule has 0 unspecified atom stereocenters. The van der Waals surface area contributed by atoms with Crippen molar-refractivity contribution in [1.29, 1.82) is 0 Å². The summed E-state index contributed by atoms with van der Waals surface area (Å²) >= 11 is 1.18. The molecule has 0 atom stereocenters. The Morgan fingerprint density at radius 2 is 1.72 bits per heavy atom. The molecule has 1 aromatic heterocycles. The number of likely N-dealkylation sites (tertiary alicyclic amines) is 1. The van der Waals surface area contributed by atoms with Gasteiger partial charge in [-0.15, -0.1) is 11.3 Å². The normalized spacial score (nSPS) is 15.6. The quantitative estimate of drug-likeness (QED) is 0.866. The molecule has 25 heavy (non-hydrogen) atoms. The van der Waals surface area contributed by atoms with E-state index >= 15 is 0 Å². The van der Waals surface area contributed by atoms with Gasteiger partial charge in [-0.2, -0.15) is 0 Å². The molecule has 2 heterocycles. The summed E-state index contributed by atoms with van der Waals surface area (Å²) in [5.74, 6) is 0.147. The maximum absolute atomic E-state index is 12.4. The topological polar surface area (TPSA) is 66.5 Å². The molecule has 1 aromatic carbocycles. The van der Waals surface area contributed by atoms with Gasteiger partial charge in [0.1, 0.15) is 4.21 Å². The summed E-state index contributed by atoms with van der Waals surface area (Å²) < 4.78 is 27.3. The fraction of sp³-hybridized carbons (Fsp3) is 0.389. The lowest BCUT2D eigenvalue weighted by Gasteiger charge is -2.20. The van der Waals surface area contributed by atoms with Crippen molar-refractivity contribution in [2.45, 2.75) is 36.3 Å². The Morgan fingerprint density at radius 1 is 1.04 bits per heavy atom. The van der Waals surface area contributed by atoms with E-state index in [0.717, 1.165) is 31.5 Å². The zero-order chi connectivity index (χ0) is 17.7. The van der Waals surface area contributed by atoms with Crippen LogP contribution >= 0.6 is 11.3 Å². The van der Waals surface area contributed by atoms with Gasteiger partial charge < -0.3 is 4.90 Å². The zero-order valence-electron chi connectivity index (χ0n) is 14.0. The highest BCUT2D eigenvalue weighted by Crippen LogP contribution is 2.21. The number of amides is 1. The Hall–Kier alpha value is -1.86. The van der Waals surface area contributed by atoms with E-state index < -0.39 is 10.0 Å². The minimum atomic E-state index is -3.53. The van der Waals surface area contributed by atoms with E-state index in [1.165, 1.54) is 24.2 Å². The Bertz CT molecular complexity index is 791. The molecule has 0 radical (unpaired) electrons. The lowest BCUT2D eigenvalue weighted by molar-refractivity contribution is -0.130. The fourth-order valence-electron chi connectivity index (χ4n) is 2.92. The molecule has 0 bridgehead atoms. The van der Waals surface area contributed by atoms with E-state index in [0.29, 0.717) is 12.1 Å². The van der Waals surface area contributed by atoms with Crippen molar-refractivity contribution in [3.8, 4) is 0 Å². The molecule has 1 N–H and O–H groups in total. The highest BCUT2D eigenvalue weighted by molar-refractivity contribution is 7.94. The van der Waals surface area contributed by atoms with Gasteiger partial charge in [-0.25, -0.2) is 8.42 Å². The minimum absolute atomic E-state index is 0.147. The summed E-state index contributed by atoms with van der Waals surface area (Å²) in [6, 6.07) is 10.3. The second-order valence-corrected chi connectivity index (χ2v) is 9.06. The number of nitrogens with one attached hydrogen (secondary N) is 1. The van der Waals surface area contributed by atoms with Crippen molar-refractivity contribution in [3.63, 3.8) is 0 Å². The van der Waals surface area contributed by atoms with Crippen LogP contribution in [0.25, 0.3) is 0 Å². The Morgan fingerprint density at radius 3 is 2.32 bits per heavy atom. The summed E-state index contributed by atoms with van der Waals surface area (Å²) in [4.78, 5) is 14.4. The van der Waals surface area contributed by atoms with Crippen molar-refractivity contribution in [2.75, 3.05) is 17.8 Å². The molecular weight excluding hydrogens is 356 g/mol. The van der Waals surface area contributed by atoms with Crippen LogP contribution in [0.1, 0.15) is 31.2 Å². The van der Waals surface area contributed by atoms with Crippen LogP contribution in [-0.2, 0) is 21.2 Å². The predicted octanol–water partition coefficient (Wildman–Crippen LogP) is 3.49. The monoisotopic (exact) mass is 378 g/mol. The molecule has 0 spiro atoms. The predicted molar refractivity (Wildman–Crippen MR) is 100 cm³/mol. The highest BCUT2D eigenvalue weighted by Gasteiger charge is 2.17. The van der Waals surface area contributed by atoms with E-state index in [1.807, 2.05) is 17.0 Å². The van der Waals surface area contributed by atoms with Crippen molar-refractivity contribution in [2.24, 2.45) is 0 Å². The summed E-state index contributed by atoms with van der Waals surface area (Å²) in [6.07, 6.45) is 4.91. The summed E-state index contributed by atoms with van der Waals surface area (Å²) in [7, 11) is -3.53. The number of rotatable bonds is 5. The Labute approximate surface area is 152 Å². The molecule has 1 aliphatic heterocycles. The molecule has 1 fully saturated rings. The second kappa shape index (κ2) is 8.01. The summed E-state index contributed by atoms with van der Waals surface area (Å²) in [6.45, 7) is 1.69. The van der Waals surface area contributed by atoms with E-state index in [-0.39, 0.29) is 10.1 Å². The number of hydrogen-bond acceptors (Lipinski definition) is 4. The molecule has 7 heteroatoms. The number of nitrogens with zero attached hydrogens (tertiary/aromatic N) is 1. The van der Waals surface area contributed by atoms with Gasteiger partial charge in [0, 0.05) is 18.8 Å². The van der Waals surface area contributed by atoms with Crippen LogP contribution < -0.4 is 4.72 Å². The average Bonchev–Trinajstić information content (AvgIpc) is 3.00. The van der Waals surface area contributed by atoms with E-state index in [2.05, 4.69) is 4.72 Å². The molecular formula is C18H22N2O3S2. The molecule has 134 valence electrons. The van der Waals surface area contributed by atoms with Gasteiger partial charge in [0.2, 0.25) is 5.91 Å². The lowest BCUT2D eigenvalue weighted by Crippen LogP contribution is -2.33. The van der Waals surface area contributed by atoms with Crippen LogP contribution in [0.5, 0.6) is 0 Å². The van der Waals surface area contributed by atoms with Gasteiger partial charge in [0.25, 0.3) is 10.0 Å². The first-order chi connectivity index (χ1) is 12.0. The number of hydrogen-bond donors (Lipinski definition) is 1. The third kappa shape index (κ3) is 4.83. The molecule has 2 aromatic rings. The van der Waals surface area contributed by atoms with E-state index in [1.54, 1.807) is 29.6 Å². The number of carbonyl (C=O) groups is 1. The van der Waals surface area contributed by atoms with Gasteiger partial charge >= 0.3 is 0 Å². The third-order valence-electron chi connectivity index (χ3n) is 4.28. The van der Waals surface area contributed by atoms with Crippen molar-refractivity contribution >= 4 is 33.0 Å².